The minimum atomic E-state index is -4.80. The predicted molar refractivity (Wildman–Crippen MR) is 155 cm³/mol. The molecule has 0 unspecified atom stereocenters. The Morgan fingerprint density at radius 3 is 2.56 bits per heavy atom. The maximum absolute atomic E-state index is 14.0. The number of carbonyl (C=O) groups excluding carboxylic acids is 2. The number of hydrogen-bond donors (Lipinski definition) is 2. The molecule has 3 aromatic rings. The van der Waals surface area contributed by atoms with E-state index in [1.807, 2.05) is 0 Å². The van der Waals surface area contributed by atoms with Crippen LogP contribution >= 0.6 is 34.2 Å². The van der Waals surface area contributed by atoms with Gasteiger partial charge in [-0.1, -0.05) is 23.7 Å². The molecule has 0 bridgehead atoms. The van der Waals surface area contributed by atoms with E-state index in [0.29, 0.717) is 42.1 Å². The number of aliphatic hydroxyl groups is 1. The van der Waals surface area contributed by atoms with Crippen LogP contribution in [0.2, 0.25) is 5.02 Å². The third kappa shape index (κ3) is 6.04. The number of hydrazine groups is 1. The van der Waals surface area contributed by atoms with E-state index in [0.717, 1.165) is 41.1 Å². The van der Waals surface area contributed by atoms with Crippen LogP contribution in [0.25, 0.3) is 11.3 Å². The molecule has 2 aliphatic rings. The molecule has 5 rings (SSSR count). The Morgan fingerprint density at radius 2 is 1.88 bits per heavy atom. The lowest BCUT2D eigenvalue weighted by molar-refractivity contribution is -0.160. The van der Waals surface area contributed by atoms with E-state index >= 15 is 0 Å². The second-order valence-electron chi connectivity index (χ2n) is 10.2. The van der Waals surface area contributed by atoms with Gasteiger partial charge in [-0.05, 0) is 61.7 Å². The molecule has 0 saturated carbocycles. The summed E-state index contributed by atoms with van der Waals surface area (Å²) in [5.74, 6) is -2.42. The fourth-order valence-corrected chi connectivity index (χ4v) is 5.75. The molecule has 1 saturated heterocycles. The third-order valence-corrected chi connectivity index (χ3v) is 8.15. The van der Waals surface area contributed by atoms with Crippen molar-refractivity contribution in [3.8, 4) is 11.3 Å². The van der Waals surface area contributed by atoms with Gasteiger partial charge in [0.05, 0.1) is 29.0 Å². The van der Waals surface area contributed by atoms with Crippen molar-refractivity contribution >= 4 is 51.7 Å². The molecule has 8 nitrogen and oxygen atoms in total. The van der Waals surface area contributed by atoms with Crippen molar-refractivity contribution in [3.63, 3.8) is 0 Å². The molecule has 3 heterocycles. The van der Waals surface area contributed by atoms with Crippen molar-refractivity contribution in [1.29, 1.82) is 0 Å². The lowest BCUT2D eigenvalue weighted by Gasteiger charge is -2.46. The van der Waals surface area contributed by atoms with Crippen LogP contribution in [0.4, 0.5) is 27.6 Å². The highest BCUT2D eigenvalue weighted by molar-refractivity contribution is 14.1. The lowest BCUT2D eigenvalue weighted by atomic mass is 9.90. The fraction of sp³-hybridized carbons (Fsp3) is 0.286. The molecule has 2 aliphatic heterocycles. The Kier molecular flexibility index (Phi) is 8.15. The number of benzene rings is 2. The topological polar surface area (TPSA) is 98.7 Å². The molecule has 0 aliphatic carbocycles. The average molecular weight is 734 g/mol. The van der Waals surface area contributed by atoms with E-state index in [1.165, 1.54) is 5.01 Å². The number of aromatic nitrogens is 2. The largest absolute Gasteiger partial charge is 0.509 e. The summed E-state index contributed by atoms with van der Waals surface area (Å²) in [6, 6.07) is 9.85. The molecule has 0 spiro atoms. The average Bonchev–Trinajstić information content (AvgIpc) is 3.33. The number of nitrogens with zero attached hydrogens (tertiary/aromatic N) is 4. The summed E-state index contributed by atoms with van der Waals surface area (Å²) in [6.07, 6.45) is -3.02. The monoisotopic (exact) mass is 733 g/mol. The van der Waals surface area contributed by atoms with E-state index in [4.69, 9.17) is 11.6 Å². The Labute approximate surface area is 260 Å². The minimum Gasteiger partial charge on any atom is -0.509 e. The summed E-state index contributed by atoms with van der Waals surface area (Å²) in [4.78, 5) is 34.8. The van der Waals surface area contributed by atoms with E-state index in [1.54, 1.807) is 36.2 Å². The number of amides is 2. The third-order valence-electron chi connectivity index (χ3n) is 7.37. The van der Waals surface area contributed by atoms with Crippen molar-refractivity contribution in [2.45, 2.75) is 42.0 Å². The molecule has 2 N–H and O–H groups in total. The Hall–Kier alpha value is -3.37. The Balaban J connectivity index is 1.56. The normalized spacial score (nSPS) is 19.5. The van der Waals surface area contributed by atoms with Crippen LogP contribution in [0.5, 0.6) is 0 Å². The second-order valence-corrected chi connectivity index (χ2v) is 12.0. The van der Waals surface area contributed by atoms with Crippen molar-refractivity contribution in [1.82, 2.24) is 20.0 Å². The first-order valence-electron chi connectivity index (χ1n) is 12.8. The molecular formula is C28H22ClF5IN5O3. The van der Waals surface area contributed by atoms with Gasteiger partial charge in [-0.2, -0.15) is 22.0 Å². The van der Waals surface area contributed by atoms with Gasteiger partial charge in [0.25, 0.3) is 11.8 Å². The Morgan fingerprint density at radius 1 is 1.14 bits per heavy atom. The first-order valence-corrected chi connectivity index (χ1v) is 14.2. The number of aliphatic hydroxyl groups excluding tert-OH is 1. The van der Waals surface area contributed by atoms with E-state index < -0.39 is 50.0 Å². The van der Waals surface area contributed by atoms with Gasteiger partial charge in [-0.3, -0.25) is 14.6 Å². The number of hydrogen-bond acceptors (Lipinski definition) is 6. The van der Waals surface area contributed by atoms with Crippen molar-refractivity contribution < 1.29 is 36.6 Å². The number of halogens is 7. The first-order chi connectivity index (χ1) is 20.1. The summed E-state index contributed by atoms with van der Waals surface area (Å²) in [6.45, 7) is 2.12. The van der Waals surface area contributed by atoms with E-state index in [2.05, 4.69) is 15.3 Å². The predicted octanol–water partition coefficient (Wildman–Crippen LogP) is 6.86. The van der Waals surface area contributed by atoms with Gasteiger partial charge in [0.1, 0.15) is 23.4 Å². The number of fused-ring (bicyclic) bond motifs is 1. The zero-order valence-corrected chi connectivity index (χ0v) is 25.1. The molecular weight excluding hydrogens is 712 g/mol. The second kappa shape index (κ2) is 11.3. The SMILES string of the molecule is C[C@]12CCCN1N(Cc1cccc(Cl)c1)C(=O)C(C(=O)Nc1ccc(C(F)(F)F)cc1-c1cc(C(F)(F)I)ncn1)=C2O. The van der Waals surface area contributed by atoms with Crippen LogP contribution in [-0.4, -0.2) is 49.0 Å². The molecule has 2 amide bonds. The van der Waals surface area contributed by atoms with Crippen LogP contribution in [0.3, 0.4) is 0 Å². The van der Waals surface area contributed by atoms with Gasteiger partial charge < -0.3 is 10.4 Å². The molecule has 226 valence electrons. The number of nitrogens with one attached hydrogen (secondary N) is 1. The summed E-state index contributed by atoms with van der Waals surface area (Å²) in [7, 11) is 0. The van der Waals surface area contributed by atoms with Crippen LogP contribution < -0.4 is 5.32 Å². The van der Waals surface area contributed by atoms with E-state index in [-0.39, 0.29) is 23.5 Å². The highest BCUT2D eigenvalue weighted by Crippen LogP contribution is 2.43. The maximum Gasteiger partial charge on any atom is 0.416 e. The maximum atomic E-state index is 14.0. The van der Waals surface area contributed by atoms with Crippen molar-refractivity contribution in [2.24, 2.45) is 0 Å². The summed E-state index contributed by atoms with van der Waals surface area (Å²) in [5.41, 5.74) is -3.87. The van der Waals surface area contributed by atoms with Crippen LogP contribution in [-0.2, 0) is 26.2 Å². The molecule has 1 aromatic heterocycles. The molecule has 0 radical (unpaired) electrons. The standard InChI is InChI=1S/C28H22ClF5IN5O3/c1-26-8-3-9-40(26)39(13-15-4-2-5-17(29)10-15)25(43)22(23(26)41)24(42)38-19-7-6-16(27(30,31)32)11-18(19)20-12-21(28(33,34)35)37-14-36-20/h2,4-7,10-12,14,41H,3,8-9,13H2,1H3,(H,38,42)/t26-/m1/s1. The Bertz CT molecular complexity index is 1650. The van der Waals surface area contributed by atoms with Crippen LogP contribution in [0.1, 0.15) is 36.6 Å². The van der Waals surface area contributed by atoms with E-state index in [9.17, 15) is 36.6 Å². The molecule has 1 fully saturated rings. The summed E-state index contributed by atoms with van der Waals surface area (Å²) in [5, 5.41) is 17.1. The molecule has 43 heavy (non-hydrogen) atoms. The van der Waals surface area contributed by atoms with Crippen LogP contribution in [0.15, 0.2) is 66.2 Å². The highest BCUT2D eigenvalue weighted by atomic mass is 127. The number of carbonyl (C=O) groups is 2. The fourth-order valence-electron chi connectivity index (χ4n) is 5.24. The minimum absolute atomic E-state index is 0.0266. The molecule has 1 atom stereocenters. The summed E-state index contributed by atoms with van der Waals surface area (Å²) >= 11 is 6.94. The first kappa shape index (κ1) is 31.1. The van der Waals surface area contributed by atoms with Crippen molar-refractivity contribution in [2.75, 3.05) is 11.9 Å². The van der Waals surface area contributed by atoms with Crippen LogP contribution in [0, 0.1) is 0 Å². The lowest BCUT2D eigenvalue weighted by Crippen LogP contribution is -2.60. The number of rotatable bonds is 6. The van der Waals surface area contributed by atoms with Gasteiger partial charge in [0, 0.05) is 39.7 Å². The number of anilines is 1. The van der Waals surface area contributed by atoms with Gasteiger partial charge in [-0.25, -0.2) is 15.0 Å². The molecule has 15 heteroatoms. The van der Waals surface area contributed by atoms with Gasteiger partial charge in [-0.15, -0.1) is 0 Å². The van der Waals surface area contributed by atoms with Gasteiger partial charge in [0.15, 0.2) is 0 Å². The highest BCUT2D eigenvalue weighted by Gasteiger charge is 2.52. The quantitative estimate of drug-likeness (QED) is 0.124. The smallest absolute Gasteiger partial charge is 0.416 e. The number of alkyl halides is 6. The molecule has 2 aromatic carbocycles. The van der Waals surface area contributed by atoms with Gasteiger partial charge in [0.2, 0.25) is 0 Å². The van der Waals surface area contributed by atoms with Gasteiger partial charge >= 0.3 is 10.1 Å². The zero-order valence-electron chi connectivity index (χ0n) is 22.2. The summed E-state index contributed by atoms with van der Waals surface area (Å²) < 4.78 is 65.3. The zero-order chi connectivity index (χ0) is 31.3. The van der Waals surface area contributed by atoms with Crippen molar-refractivity contribution in [3.05, 3.63) is 88.0 Å².